The molecule has 0 radical (unpaired) electrons. The Labute approximate surface area is 76.7 Å². The molecule has 0 N–H and O–H groups in total. The highest BCUT2D eigenvalue weighted by Gasteiger charge is 2.27. The third kappa shape index (κ3) is 0.988. The molecule has 1 aliphatic rings. The molecule has 1 aromatic heterocycles. The molecule has 0 unspecified atom stereocenters. The van der Waals surface area contributed by atoms with Crippen molar-refractivity contribution in [3.63, 3.8) is 0 Å². The maximum absolute atomic E-state index is 5.30. The highest BCUT2D eigenvalue weighted by Crippen LogP contribution is 2.35. The number of aromatic nitrogens is 1. The van der Waals surface area contributed by atoms with E-state index in [0.29, 0.717) is 6.10 Å². The van der Waals surface area contributed by atoms with Gasteiger partial charge in [-0.05, 0) is 6.07 Å². The van der Waals surface area contributed by atoms with Gasteiger partial charge in [0.1, 0.15) is 6.10 Å². The van der Waals surface area contributed by atoms with Gasteiger partial charge in [-0.1, -0.05) is 18.2 Å². The summed E-state index contributed by atoms with van der Waals surface area (Å²) in [7, 11) is 2.08. The number of ether oxygens (including phenoxy) is 1. The lowest BCUT2D eigenvalue weighted by Crippen LogP contribution is -1.81. The molecule has 0 aliphatic carbocycles. The highest BCUT2D eigenvalue weighted by atomic mass is 16.6. The number of hydrogen-bond acceptors (Lipinski definition) is 1. The van der Waals surface area contributed by atoms with Crippen LogP contribution in [0.1, 0.15) is 11.7 Å². The lowest BCUT2D eigenvalue weighted by atomic mass is 10.1. The minimum Gasteiger partial charge on any atom is -0.368 e. The van der Waals surface area contributed by atoms with Crippen LogP contribution in [0, 0.1) is 0 Å². The third-order valence-corrected chi connectivity index (χ3v) is 2.61. The molecule has 3 rings (SSSR count). The van der Waals surface area contributed by atoms with E-state index in [2.05, 4.69) is 42.1 Å². The van der Waals surface area contributed by atoms with Crippen molar-refractivity contribution >= 4 is 10.9 Å². The van der Waals surface area contributed by atoms with Crippen molar-refractivity contribution in [2.75, 3.05) is 6.61 Å². The van der Waals surface area contributed by atoms with Crippen LogP contribution in [0.25, 0.3) is 10.9 Å². The first-order valence-corrected chi connectivity index (χ1v) is 4.52. The molecule has 0 saturated carbocycles. The van der Waals surface area contributed by atoms with Gasteiger partial charge in [-0.15, -0.1) is 0 Å². The van der Waals surface area contributed by atoms with E-state index in [1.807, 2.05) is 0 Å². The van der Waals surface area contributed by atoms with Crippen molar-refractivity contribution in [2.45, 2.75) is 6.10 Å². The fraction of sp³-hybridized carbons (Fsp3) is 0.273. The Morgan fingerprint density at radius 3 is 2.92 bits per heavy atom. The van der Waals surface area contributed by atoms with Crippen LogP contribution in [0.2, 0.25) is 0 Å². The lowest BCUT2D eigenvalue weighted by Gasteiger charge is -1.93. The van der Waals surface area contributed by atoms with E-state index in [9.17, 15) is 0 Å². The van der Waals surface area contributed by atoms with E-state index in [4.69, 9.17) is 4.74 Å². The zero-order chi connectivity index (χ0) is 8.84. The molecular formula is C11H11NO. The molecule has 1 aliphatic heterocycles. The predicted molar refractivity (Wildman–Crippen MR) is 51.6 cm³/mol. The SMILES string of the molecule is Cn1cc([C@@H]2CO2)c2ccccc21. The van der Waals surface area contributed by atoms with Crippen LogP contribution < -0.4 is 0 Å². The zero-order valence-electron chi connectivity index (χ0n) is 7.53. The summed E-state index contributed by atoms with van der Waals surface area (Å²) in [6, 6.07) is 8.45. The monoisotopic (exact) mass is 173 g/mol. The molecule has 1 fully saturated rings. The Kier molecular flexibility index (Phi) is 1.30. The lowest BCUT2D eigenvalue weighted by molar-refractivity contribution is 0.416. The first kappa shape index (κ1) is 7.15. The average Bonchev–Trinajstić information content (AvgIpc) is 2.94. The summed E-state index contributed by atoms with van der Waals surface area (Å²) in [6.45, 7) is 0.883. The van der Waals surface area contributed by atoms with Gasteiger partial charge in [0.25, 0.3) is 0 Å². The Morgan fingerprint density at radius 1 is 1.38 bits per heavy atom. The first-order valence-electron chi connectivity index (χ1n) is 4.52. The largest absolute Gasteiger partial charge is 0.368 e. The number of nitrogens with zero attached hydrogens (tertiary/aromatic N) is 1. The maximum Gasteiger partial charge on any atom is 0.108 e. The van der Waals surface area contributed by atoms with Crippen LogP contribution in [-0.4, -0.2) is 11.2 Å². The van der Waals surface area contributed by atoms with Crippen LogP contribution in [-0.2, 0) is 11.8 Å². The molecule has 0 spiro atoms. The molecule has 2 aromatic rings. The highest BCUT2D eigenvalue weighted by molar-refractivity contribution is 5.84. The topological polar surface area (TPSA) is 17.5 Å². The smallest absolute Gasteiger partial charge is 0.108 e. The molecule has 2 nitrogen and oxygen atoms in total. The summed E-state index contributed by atoms with van der Waals surface area (Å²) >= 11 is 0. The van der Waals surface area contributed by atoms with Gasteiger partial charge in [0, 0.05) is 29.7 Å². The van der Waals surface area contributed by atoms with Crippen LogP contribution >= 0.6 is 0 Å². The van der Waals surface area contributed by atoms with Crippen molar-refractivity contribution in [2.24, 2.45) is 7.05 Å². The van der Waals surface area contributed by atoms with E-state index >= 15 is 0 Å². The Morgan fingerprint density at radius 2 is 2.15 bits per heavy atom. The number of para-hydroxylation sites is 1. The van der Waals surface area contributed by atoms with Crippen molar-refractivity contribution < 1.29 is 4.74 Å². The Bertz CT molecular complexity index is 454. The summed E-state index contributed by atoms with van der Waals surface area (Å²) in [5, 5.41) is 1.33. The molecule has 13 heavy (non-hydrogen) atoms. The molecule has 1 atom stereocenters. The molecular weight excluding hydrogens is 162 g/mol. The molecule has 2 heterocycles. The number of epoxide rings is 1. The zero-order valence-corrected chi connectivity index (χ0v) is 7.53. The van der Waals surface area contributed by atoms with Crippen LogP contribution in [0.4, 0.5) is 0 Å². The molecule has 1 aromatic carbocycles. The number of benzene rings is 1. The molecule has 1 saturated heterocycles. The van der Waals surface area contributed by atoms with Crippen LogP contribution in [0.15, 0.2) is 30.5 Å². The molecule has 0 amide bonds. The number of fused-ring (bicyclic) bond motifs is 1. The molecule has 2 heteroatoms. The van der Waals surface area contributed by atoms with E-state index < -0.39 is 0 Å². The Balaban J connectivity index is 2.34. The van der Waals surface area contributed by atoms with Crippen molar-refractivity contribution in [1.29, 1.82) is 0 Å². The minimum absolute atomic E-state index is 0.353. The van der Waals surface area contributed by atoms with Gasteiger partial charge < -0.3 is 9.30 Å². The van der Waals surface area contributed by atoms with E-state index in [0.717, 1.165) is 6.61 Å². The van der Waals surface area contributed by atoms with Gasteiger partial charge in [0.05, 0.1) is 6.61 Å². The standard InChI is InChI=1S/C11H11NO/c1-12-6-9(11-7-13-11)8-4-2-3-5-10(8)12/h2-6,11H,7H2,1H3/t11-/m0/s1. The summed E-state index contributed by atoms with van der Waals surface area (Å²) in [5.74, 6) is 0. The van der Waals surface area contributed by atoms with Crippen LogP contribution in [0.5, 0.6) is 0 Å². The minimum atomic E-state index is 0.353. The van der Waals surface area contributed by atoms with Crippen LogP contribution in [0.3, 0.4) is 0 Å². The summed E-state index contributed by atoms with van der Waals surface area (Å²) < 4.78 is 7.46. The number of aryl methyl sites for hydroxylation is 1. The Hall–Kier alpha value is -1.28. The van der Waals surface area contributed by atoms with E-state index in [-0.39, 0.29) is 0 Å². The number of hydrogen-bond donors (Lipinski definition) is 0. The third-order valence-electron chi connectivity index (χ3n) is 2.61. The molecule has 66 valence electrons. The van der Waals surface area contributed by atoms with Gasteiger partial charge in [-0.2, -0.15) is 0 Å². The van der Waals surface area contributed by atoms with E-state index in [1.165, 1.54) is 16.5 Å². The van der Waals surface area contributed by atoms with Gasteiger partial charge in [0.15, 0.2) is 0 Å². The summed E-state index contributed by atoms with van der Waals surface area (Å²) in [5.41, 5.74) is 2.62. The first-order chi connectivity index (χ1) is 6.36. The quantitative estimate of drug-likeness (QED) is 0.604. The summed E-state index contributed by atoms with van der Waals surface area (Å²) in [4.78, 5) is 0. The second-order valence-corrected chi connectivity index (χ2v) is 3.53. The predicted octanol–water partition coefficient (Wildman–Crippen LogP) is 2.25. The molecule has 0 bridgehead atoms. The fourth-order valence-corrected chi connectivity index (χ4v) is 1.86. The number of rotatable bonds is 1. The summed E-state index contributed by atoms with van der Waals surface area (Å²) in [6.07, 6.45) is 2.52. The fourth-order valence-electron chi connectivity index (χ4n) is 1.86. The second-order valence-electron chi connectivity index (χ2n) is 3.53. The van der Waals surface area contributed by atoms with Crippen molar-refractivity contribution in [1.82, 2.24) is 4.57 Å². The van der Waals surface area contributed by atoms with Gasteiger partial charge in [-0.25, -0.2) is 0 Å². The van der Waals surface area contributed by atoms with Gasteiger partial charge in [-0.3, -0.25) is 0 Å². The normalized spacial score (nSPS) is 20.8. The average molecular weight is 173 g/mol. The van der Waals surface area contributed by atoms with Gasteiger partial charge >= 0.3 is 0 Å². The van der Waals surface area contributed by atoms with Crippen molar-refractivity contribution in [3.8, 4) is 0 Å². The second kappa shape index (κ2) is 2.36. The van der Waals surface area contributed by atoms with Gasteiger partial charge in [0.2, 0.25) is 0 Å². The van der Waals surface area contributed by atoms with Crippen molar-refractivity contribution in [3.05, 3.63) is 36.0 Å². The van der Waals surface area contributed by atoms with E-state index in [1.54, 1.807) is 0 Å². The maximum atomic E-state index is 5.30.